The summed E-state index contributed by atoms with van der Waals surface area (Å²) in [5.74, 6) is 0.136. The smallest absolute Gasteiger partial charge is 0.324 e. The predicted molar refractivity (Wildman–Crippen MR) is 113 cm³/mol. The Balaban J connectivity index is 2.37. The molecule has 0 bridgehead atoms. The van der Waals surface area contributed by atoms with Gasteiger partial charge in [-0.1, -0.05) is 94.3 Å². The van der Waals surface area contributed by atoms with Crippen LogP contribution in [0.5, 0.6) is 0 Å². The largest absolute Gasteiger partial charge is 0.329 e. The molecule has 0 amide bonds. The van der Waals surface area contributed by atoms with E-state index in [9.17, 15) is 14.4 Å². The van der Waals surface area contributed by atoms with Crippen molar-refractivity contribution in [2.45, 2.75) is 58.5 Å². The Labute approximate surface area is 164 Å². The first-order valence-electron chi connectivity index (χ1n) is 9.88. The second-order valence-electron chi connectivity index (χ2n) is 8.14. The predicted octanol–water partition coefficient (Wildman–Crippen LogP) is 5.85. The molecule has 148 valence electrons. The maximum Gasteiger partial charge on any atom is 0.329 e. The number of unbranched alkanes of at least 4 members (excludes halogenated alkanes) is 1. The summed E-state index contributed by atoms with van der Waals surface area (Å²) in [6.45, 7) is 6.15. The van der Waals surface area contributed by atoms with Gasteiger partial charge in [-0.05, 0) is 41.7 Å². The molecule has 2 aromatic rings. The van der Waals surface area contributed by atoms with E-state index in [1.165, 1.54) is 11.1 Å². The molecule has 3 nitrogen and oxygen atoms in total. The molecule has 0 saturated carbocycles. The van der Waals surface area contributed by atoms with E-state index in [2.05, 4.69) is 31.2 Å². The van der Waals surface area contributed by atoms with Crippen LogP contribution in [0.15, 0.2) is 60.7 Å². The molecule has 0 aromatic heterocycles. The zero-order valence-corrected chi connectivity index (χ0v) is 17.6. The van der Waals surface area contributed by atoms with Crippen LogP contribution < -0.4 is 0 Å². The maximum atomic E-state index is 12.4. The van der Waals surface area contributed by atoms with Gasteiger partial charge in [0.25, 0.3) is 0 Å². The van der Waals surface area contributed by atoms with E-state index in [0.29, 0.717) is 6.42 Å². The number of hydrogen-bond donors (Lipinski definition) is 2. The Morgan fingerprint density at radius 1 is 0.889 bits per heavy atom. The summed E-state index contributed by atoms with van der Waals surface area (Å²) in [6.07, 6.45) is 3.96. The number of rotatable bonds is 10. The third-order valence-corrected chi connectivity index (χ3v) is 7.53. The SMILES string of the molecule is CCCCC(C(C)(C)C(Cc1ccccc1)Cc1ccccc1)P(=O)(O)O. The molecule has 0 radical (unpaired) electrons. The highest BCUT2D eigenvalue weighted by atomic mass is 31.2. The summed E-state index contributed by atoms with van der Waals surface area (Å²) in [6, 6.07) is 20.5. The van der Waals surface area contributed by atoms with Crippen molar-refractivity contribution in [3.05, 3.63) is 71.8 Å². The highest BCUT2D eigenvalue weighted by Crippen LogP contribution is 2.55. The van der Waals surface area contributed by atoms with E-state index >= 15 is 0 Å². The van der Waals surface area contributed by atoms with Crippen LogP contribution in [0.1, 0.15) is 51.2 Å². The Bertz CT molecular complexity index is 680. The van der Waals surface area contributed by atoms with Crippen LogP contribution >= 0.6 is 7.60 Å². The summed E-state index contributed by atoms with van der Waals surface area (Å²) in [7, 11) is -4.19. The van der Waals surface area contributed by atoms with Crippen molar-refractivity contribution in [1.29, 1.82) is 0 Å². The Morgan fingerprint density at radius 2 is 1.33 bits per heavy atom. The molecule has 2 rings (SSSR count). The van der Waals surface area contributed by atoms with E-state index < -0.39 is 18.7 Å². The van der Waals surface area contributed by atoms with Crippen LogP contribution in [0.25, 0.3) is 0 Å². The molecule has 0 fully saturated rings. The van der Waals surface area contributed by atoms with Crippen molar-refractivity contribution in [3.8, 4) is 0 Å². The van der Waals surface area contributed by atoms with Crippen LogP contribution in [0.3, 0.4) is 0 Å². The summed E-state index contributed by atoms with van der Waals surface area (Å²) >= 11 is 0. The molecule has 0 aliphatic heterocycles. The Kier molecular flexibility index (Phi) is 7.85. The first-order valence-corrected chi connectivity index (χ1v) is 11.6. The molecule has 0 heterocycles. The van der Waals surface area contributed by atoms with Crippen molar-refractivity contribution in [3.63, 3.8) is 0 Å². The van der Waals surface area contributed by atoms with Gasteiger partial charge in [-0.2, -0.15) is 0 Å². The summed E-state index contributed by atoms with van der Waals surface area (Å²) in [5, 5.41) is 0. The average Bonchev–Trinajstić information content (AvgIpc) is 2.62. The number of hydrogen-bond acceptors (Lipinski definition) is 1. The Hall–Kier alpha value is -1.41. The van der Waals surface area contributed by atoms with Gasteiger partial charge >= 0.3 is 7.60 Å². The molecule has 0 aliphatic carbocycles. The lowest BCUT2D eigenvalue weighted by Gasteiger charge is -2.42. The molecule has 1 unspecified atom stereocenters. The van der Waals surface area contributed by atoms with Gasteiger partial charge in [0, 0.05) is 0 Å². The van der Waals surface area contributed by atoms with Crippen LogP contribution in [0, 0.1) is 11.3 Å². The van der Waals surface area contributed by atoms with Crippen LogP contribution in [0.2, 0.25) is 0 Å². The fourth-order valence-electron chi connectivity index (χ4n) is 4.04. The summed E-state index contributed by atoms with van der Waals surface area (Å²) < 4.78 is 12.4. The zero-order chi connectivity index (χ0) is 19.9. The molecule has 27 heavy (non-hydrogen) atoms. The standard InChI is InChI=1S/C23H33O3P/c1-4-5-16-22(27(24,25)26)23(2,3)21(17-19-12-8-6-9-13-19)18-20-14-10-7-11-15-20/h6-15,21-22H,4-5,16-18H2,1-3H3,(H2,24,25,26). The highest BCUT2D eigenvalue weighted by Gasteiger charge is 2.45. The monoisotopic (exact) mass is 388 g/mol. The molecular weight excluding hydrogens is 355 g/mol. The fourth-order valence-corrected chi connectivity index (χ4v) is 5.64. The maximum absolute atomic E-state index is 12.4. The van der Waals surface area contributed by atoms with Crippen molar-refractivity contribution in [2.24, 2.45) is 11.3 Å². The minimum absolute atomic E-state index is 0.136. The number of benzene rings is 2. The normalized spacial score (nSPS) is 13.7. The van der Waals surface area contributed by atoms with Crippen LogP contribution in [-0.2, 0) is 17.4 Å². The minimum Gasteiger partial charge on any atom is -0.324 e. The van der Waals surface area contributed by atoms with E-state index in [1.807, 2.05) is 50.2 Å². The van der Waals surface area contributed by atoms with Gasteiger partial charge in [0.1, 0.15) is 0 Å². The highest BCUT2D eigenvalue weighted by molar-refractivity contribution is 7.52. The molecule has 0 saturated heterocycles. The minimum atomic E-state index is -4.19. The van der Waals surface area contributed by atoms with Crippen molar-refractivity contribution >= 4 is 7.60 Å². The van der Waals surface area contributed by atoms with Gasteiger partial charge in [0.05, 0.1) is 5.66 Å². The third-order valence-electron chi connectivity index (χ3n) is 5.80. The average molecular weight is 388 g/mol. The first-order chi connectivity index (χ1) is 12.7. The van der Waals surface area contributed by atoms with Crippen molar-refractivity contribution < 1.29 is 14.4 Å². The van der Waals surface area contributed by atoms with E-state index in [4.69, 9.17) is 0 Å². The van der Waals surface area contributed by atoms with E-state index in [1.54, 1.807) is 0 Å². The molecule has 0 aliphatic rings. The van der Waals surface area contributed by atoms with Crippen molar-refractivity contribution in [1.82, 2.24) is 0 Å². The fraction of sp³-hybridized carbons (Fsp3) is 0.478. The Morgan fingerprint density at radius 3 is 1.70 bits per heavy atom. The van der Waals surface area contributed by atoms with Gasteiger partial charge in [-0.25, -0.2) is 0 Å². The first kappa shape index (κ1) is 21.9. The molecule has 2 N–H and O–H groups in total. The second-order valence-corrected chi connectivity index (χ2v) is 9.95. The van der Waals surface area contributed by atoms with Gasteiger partial charge < -0.3 is 9.79 Å². The molecule has 0 spiro atoms. The summed E-state index contributed by atoms with van der Waals surface area (Å²) in [5.41, 5.74) is 1.32. The second kappa shape index (κ2) is 9.68. The summed E-state index contributed by atoms with van der Waals surface area (Å²) in [4.78, 5) is 20.3. The van der Waals surface area contributed by atoms with Crippen LogP contribution in [-0.4, -0.2) is 15.4 Å². The topological polar surface area (TPSA) is 57.5 Å². The van der Waals surface area contributed by atoms with Gasteiger partial charge in [-0.15, -0.1) is 0 Å². The lowest BCUT2D eigenvalue weighted by molar-refractivity contribution is 0.169. The lowest BCUT2D eigenvalue weighted by Crippen LogP contribution is -2.39. The molecular formula is C23H33O3P. The van der Waals surface area contributed by atoms with Gasteiger partial charge in [0.15, 0.2) is 0 Å². The lowest BCUT2D eigenvalue weighted by atomic mass is 9.69. The molecule has 4 heteroatoms. The van der Waals surface area contributed by atoms with E-state index in [-0.39, 0.29) is 5.92 Å². The quantitative estimate of drug-likeness (QED) is 0.502. The van der Waals surface area contributed by atoms with Gasteiger partial charge in [0.2, 0.25) is 0 Å². The van der Waals surface area contributed by atoms with Crippen LogP contribution in [0.4, 0.5) is 0 Å². The molecule has 2 aromatic carbocycles. The van der Waals surface area contributed by atoms with E-state index in [0.717, 1.165) is 25.7 Å². The third kappa shape index (κ3) is 6.31. The molecule has 1 atom stereocenters. The van der Waals surface area contributed by atoms with Crippen molar-refractivity contribution in [2.75, 3.05) is 0 Å². The zero-order valence-electron chi connectivity index (χ0n) is 16.7. The van der Waals surface area contributed by atoms with Gasteiger partial charge in [-0.3, -0.25) is 4.57 Å².